The topological polar surface area (TPSA) is 74.5 Å². The van der Waals surface area contributed by atoms with Crippen molar-refractivity contribution >= 4 is 15.9 Å². The molecule has 0 saturated carbocycles. The van der Waals surface area contributed by atoms with Crippen molar-refractivity contribution in [1.29, 1.82) is 0 Å². The van der Waals surface area contributed by atoms with Crippen LogP contribution >= 0.6 is 15.9 Å². The van der Waals surface area contributed by atoms with Crippen LogP contribution in [0.1, 0.15) is 24.0 Å². The molecule has 0 radical (unpaired) electrons. The van der Waals surface area contributed by atoms with Gasteiger partial charge >= 0.3 is 0 Å². The molecule has 0 aromatic carbocycles. The lowest BCUT2D eigenvalue weighted by molar-refractivity contribution is 0.597. The fourth-order valence-corrected chi connectivity index (χ4v) is 2.56. The highest BCUT2D eigenvalue weighted by Gasteiger charge is 2.13. The minimum Gasteiger partial charge on any atom is -0.330 e. The lowest BCUT2D eigenvalue weighted by Gasteiger charge is -2.02. The number of hydrogen-bond donors (Lipinski definition) is 1. The van der Waals surface area contributed by atoms with Crippen molar-refractivity contribution in [2.45, 2.75) is 26.3 Å². The van der Waals surface area contributed by atoms with Gasteiger partial charge < -0.3 is 5.73 Å². The SMILES string of the molecule is CCc1nn(C)c(Cn2cc(CCN)nn2)c1Br. The molecule has 2 aromatic rings. The van der Waals surface area contributed by atoms with E-state index >= 15 is 0 Å². The monoisotopic (exact) mass is 312 g/mol. The summed E-state index contributed by atoms with van der Waals surface area (Å²) in [5.41, 5.74) is 8.57. The summed E-state index contributed by atoms with van der Waals surface area (Å²) in [5, 5.41) is 12.6. The molecule has 18 heavy (non-hydrogen) atoms. The summed E-state index contributed by atoms with van der Waals surface area (Å²) in [6, 6.07) is 0. The first-order valence-corrected chi connectivity index (χ1v) is 6.74. The summed E-state index contributed by atoms with van der Waals surface area (Å²) >= 11 is 3.59. The molecule has 0 aliphatic heterocycles. The number of aromatic nitrogens is 5. The second kappa shape index (κ2) is 5.62. The van der Waals surface area contributed by atoms with Gasteiger partial charge in [0.05, 0.1) is 28.1 Å². The van der Waals surface area contributed by atoms with E-state index in [9.17, 15) is 0 Å². The number of nitrogens with zero attached hydrogens (tertiary/aromatic N) is 5. The average Bonchev–Trinajstić information content (AvgIpc) is 2.89. The summed E-state index contributed by atoms with van der Waals surface area (Å²) in [6.07, 6.45) is 3.59. The van der Waals surface area contributed by atoms with Gasteiger partial charge in [-0.05, 0) is 28.9 Å². The van der Waals surface area contributed by atoms with Gasteiger partial charge in [-0.25, -0.2) is 4.68 Å². The summed E-state index contributed by atoms with van der Waals surface area (Å²) in [7, 11) is 1.94. The fourth-order valence-electron chi connectivity index (χ4n) is 1.82. The van der Waals surface area contributed by atoms with Crippen LogP contribution in [0, 0.1) is 0 Å². The van der Waals surface area contributed by atoms with Crippen LogP contribution < -0.4 is 5.73 Å². The van der Waals surface area contributed by atoms with Gasteiger partial charge in [0, 0.05) is 19.7 Å². The van der Waals surface area contributed by atoms with Crippen LogP contribution in [0.4, 0.5) is 0 Å². The molecule has 0 amide bonds. The predicted molar refractivity (Wildman–Crippen MR) is 72.2 cm³/mol. The third-order valence-electron chi connectivity index (χ3n) is 2.80. The zero-order valence-electron chi connectivity index (χ0n) is 10.6. The molecule has 0 spiro atoms. The van der Waals surface area contributed by atoms with Crippen molar-refractivity contribution < 1.29 is 0 Å². The first-order chi connectivity index (χ1) is 8.65. The summed E-state index contributed by atoms with van der Waals surface area (Å²) in [5.74, 6) is 0. The van der Waals surface area contributed by atoms with E-state index in [-0.39, 0.29) is 0 Å². The van der Waals surface area contributed by atoms with Crippen molar-refractivity contribution in [3.05, 3.63) is 27.8 Å². The van der Waals surface area contributed by atoms with Crippen molar-refractivity contribution in [2.75, 3.05) is 6.54 Å². The van der Waals surface area contributed by atoms with Gasteiger partial charge in [-0.15, -0.1) is 5.10 Å². The van der Waals surface area contributed by atoms with Crippen LogP contribution in [0.2, 0.25) is 0 Å². The molecule has 0 aliphatic rings. The molecule has 0 bridgehead atoms. The van der Waals surface area contributed by atoms with Gasteiger partial charge in [-0.2, -0.15) is 5.10 Å². The highest BCUT2D eigenvalue weighted by atomic mass is 79.9. The molecule has 7 heteroatoms. The van der Waals surface area contributed by atoms with Crippen LogP contribution in [0.15, 0.2) is 10.7 Å². The number of aryl methyl sites for hydroxylation is 2. The smallest absolute Gasteiger partial charge is 0.0857 e. The van der Waals surface area contributed by atoms with Gasteiger partial charge in [-0.1, -0.05) is 12.1 Å². The fraction of sp³-hybridized carbons (Fsp3) is 0.545. The van der Waals surface area contributed by atoms with Gasteiger partial charge in [0.1, 0.15) is 0 Å². The lowest BCUT2D eigenvalue weighted by atomic mass is 10.3. The Balaban J connectivity index is 2.20. The first kappa shape index (κ1) is 13.2. The maximum absolute atomic E-state index is 5.49. The Labute approximate surface area is 114 Å². The van der Waals surface area contributed by atoms with E-state index in [1.54, 1.807) is 0 Å². The molecule has 2 heterocycles. The predicted octanol–water partition coefficient (Wildman–Crippen LogP) is 0.886. The Morgan fingerprint density at radius 2 is 2.22 bits per heavy atom. The Morgan fingerprint density at radius 3 is 2.83 bits per heavy atom. The Hall–Kier alpha value is -1.21. The molecule has 2 N–H and O–H groups in total. The van der Waals surface area contributed by atoms with E-state index in [0.717, 1.165) is 34.4 Å². The van der Waals surface area contributed by atoms with E-state index < -0.39 is 0 Å². The summed E-state index contributed by atoms with van der Waals surface area (Å²) < 4.78 is 4.75. The van der Waals surface area contributed by atoms with E-state index in [2.05, 4.69) is 38.3 Å². The third kappa shape index (κ3) is 2.62. The molecule has 0 atom stereocenters. The molecular formula is C11H17BrN6. The quantitative estimate of drug-likeness (QED) is 0.889. The van der Waals surface area contributed by atoms with Crippen LogP contribution in [0.3, 0.4) is 0 Å². The third-order valence-corrected chi connectivity index (χ3v) is 3.72. The van der Waals surface area contributed by atoms with Crippen LogP contribution in [-0.2, 0) is 26.4 Å². The zero-order valence-corrected chi connectivity index (χ0v) is 12.2. The van der Waals surface area contributed by atoms with Crippen LogP contribution in [-0.4, -0.2) is 31.3 Å². The second-order valence-electron chi connectivity index (χ2n) is 4.13. The molecular weight excluding hydrogens is 296 g/mol. The first-order valence-electron chi connectivity index (χ1n) is 5.95. The molecule has 2 aromatic heterocycles. The van der Waals surface area contributed by atoms with Crippen molar-refractivity contribution in [1.82, 2.24) is 24.8 Å². The molecule has 6 nitrogen and oxygen atoms in total. The number of hydrogen-bond acceptors (Lipinski definition) is 4. The van der Waals surface area contributed by atoms with E-state index in [1.165, 1.54) is 0 Å². The maximum Gasteiger partial charge on any atom is 0.0857 e. The van der Waals surface area contributed by atoms with E-state index in [4.69, 9.17) is 5.73 Å². The summed E-state index contributed by atoms with van der Waals surface area (Å²) in [4.78, 5) is 0. The maximum atomic E-state index is 5.49. The minimum absolute atomic E-state index is 0.591. The minimum atomic E-state index is 0.591. The molecule has 2 rings (SSSR count). The highest BCUT2D eigenvalue weighted by Crippen LogP contribution is 2.22. The largest absolute Gasteiger partial charge is 0.330 e. The lowest BCUT2D eigenvalue weighted by Crippen LogP contribution is -2.06. The normalized spacial score (nSPS) is 11.1. The highest BCUT2D eigenvalue weighted by molar-refractivity contribution is 9.10. The second-order valence-corrected chi connectivity index (χ2v) is 4.92. The van der Waals surface area contributed by atoms with Crippen molar-refractivity contribution in [3.63, 3.8) is 0 Å². The number of halogens is 1. The molecule has 0 aliphatic carbocycles. The van der Waals surface area contributed by atoms with Crippen LogP contribution in [0.5, 0.6) is 0 Å². The molecule has 98 valence electrons. The van der Waals surface area contributed by atoms with Gasteiger partial charge in [0.15, 0.2) is 0 Å². The zero-order chi connectivity index (χ0) is 13.1. The molecule has 0 fully saturated rings. The number of nitrogens with two attached hydrogens (primary N) is 1. The van der Waals surface area contributed by atoms with Crippen LogP contribution in [0.25, 0.3) is 0 Å². The number of rotatable bonds is 5. The Bertz CT molecular complexity index is 530. The summed E-state index contributed by atoms with van der Waals surface area (Å²) in [6.45, 7) is 3.33. The Morgan fingerprint density at radius 1 is 1.44 bits per heavy atom. The standard InChI is InChI=1S/C11H17BrN6/c1-3-9-11(12)10(17(2)15-9)7-18-6-8(4-5-13)14-16-18/h6H,3-5,7,13H2,1-2H3. The average molecular weight is 313 g/mol. The van der Waals surface area contributed by atoms with Crippen molar-refractivity contribution in [2.24, 2.45) is 12.8 Å². The molecule has 0 unspecified atom stereocenters. The van der Waals surface area contributed by atoms with Gasteiger partial charge in [0.25, 0.3) is 0 Å². The van der Waals surface area contributed by atoms with Gasteiger partial charge in [0.2, 0.25) is 0 Å². The Kier molecular flexibility index (Phi) is 4.13. The van der Waals surface area contributed by atoms with E-state index in [0.29, 0.717) is 13.1 Å². The van der Waals surface area contributed by atoms with Crippen molar-refractivity contribution in [3.8, 4) is 0 Å². The molecule has 0 saturated heterocycles. The van der Waals surface area contributed by atoms with Gasteiger partial charge in [-0.3, -0.25) is 4.68 Å². The van der Waals surface area contributed by atoms with E-state index in [1.807, 2.05) is 22.6 Å².